The van der Waals surface area contributed by atoms with Gasteiger partial charge in [-0.25, -0.2) is 4.39 Å². The number of nitrogens with one attached hydrogen (secondary N) is 1. The lowest BCUT2D eigenvalue weighted by atomic mass is 10.1. The molecule has 1 heterocycles. The van der Waals surface area contributed by atoms with Crippen molar-refractivity contribution in [2.24, 2.45) is 0 Å². The van der Waals surface area contributed by atoms with E-state index < -0.39 is 0 Å². The first-order valence-electron chi connectivity index (χ1n) is 7.80. The predicted molar refractivity (Wildman–Crippen MR) is 95.4 cm³/mol. The van der Waals surface area contributed by atoms with E-state index in [9.17, 15) is 9.18 Å². The lowest BCUT2D eigenvalue weighted by molar-refractivity contribution is -0.123. The van der Waals surface area contributed by atoms with Crippen LogP contribution in [0.15, 0.2) is 54.7 Å². The zero-order chi connectivity index (χ0) is 17.6. The highest BCUT2D eigenvalue weighted by molar-refractivity contribution is 6.35. The van der Waals surface area contributed by atoms with Gasteiger partial charge in [-0.1, -0.05) is 23.7 Å². The maximum Gasteiger partial charge on any atom is 0.257 e. The van der Waals surface area contributed by atoms with Crippen LogP contribution in [0, 0.1) is 5.82 Å². The lowest BCUT2D eigenvalue weighted by Gasteiger charge is -2.10. The molecule has 25 heavy (non-hydrogen) atoms. The largest absolute Gasteiger partial charge is 0.481 e. The first-order valence-corrected chi connectivity index (χ1v) is 8.18. The third-order valence-corrected chi connectivity index (χ3v) is 3.99. The fourth-order valence-corrected chi connectivity index (χ4v) is 2.68. The minimum absolute atomic E-state index is 0.129. The van der Waals surface area contributed by atoms with Crippen molar-refractivity contribution in [3.8, 4) is 5.75 Å². The Morgan fingerprint density at radius 1 is 1.20 bits per heavy atom. The number of aromatic nitrogens is 1. The van der Waals surface area contributed by atoms with Crippen LogP contribution in [0.3, 0.4) is 0 Å². The molecule has 128 valence electrons. The van der Waals surface area contributed by atoms with Crippen molar-refractivity contribution in [3.63, 3.8) is 0 Å². The fourth-order valence-electron chi connectivity index (χ4n) is 2.46. The van der Waals surface area contributed by atoms with Gasteiger partial charge in [0.15, 0.2) is 6.61 Å². The zero-order valence-corrected chi connectivity index (χ0v) is 14.1. The molecule has 0 aliphatic rings. The normalized spacial score (nSPS) is 10.6. The van der Waals surface area contributed by atoms with Crippen LogP contribution < -0.4 is 10.1 Å². The quantitative estimate of drug-likeness (QED) is 0.729. The van der Waals surface area contributed by atoms with E-state index in [-0.39, 0.29) is 18.3 Å². The van der Waals surface area contributed by atoms with Crippen molar-refractivity contribution < 1.29 is 13.9 Å². The van der Waals surface area contributed by atoms with Gasteiger partial charge < -0.3 is 10.1 Å². The summed E-state index contributed by atoms with van der Waals surface area (Å²) in [6.45, 7) is 0.279. The molecule has 0 fully saturated rings. The van der Waals surface area contributed by atoms with Gasteiger partial charge in [0.1, 0.15) is 17.1 Å². The van der Waals surface area contributed by atoms with Crippen molar-refractivity contribution in [3.05, 3.63) is 71.1 Å². The van der Waals surface area contributed by atoms with E-state index in [1.165, 1.54) is 12.1 Å². The first kappa shape index (κ1) is 17.2. The number of carbonyl (C=O) groups is 1. The number of hydrogen-bond donors (Lipinski definition) is 1. The summed E-state index contributed by atoms with van der Waals surface area (Å²) in [5.41, 5.74) is 1.44. The molecule has 1 aromatic heterocycles. The van der Waals surface area contributed by atoms with E-state index in [1.807, 2.05) is 12.1 Å². The van der Waals surface area contributed by atoms with Gasteiger partial charge in [-0.15, -0.1) is 0 Å². The first-order chi connectivity index (χ1) is 12.1. The Kier molecular flexibility index (Phi) is 5.46. The van der Waals surface area contributed by atoms with Gasteiger partial charge in [-0.05, 0) is 48.4 Å². The number of hydrogen-bond acceptors (Lipinski definition) is 3. The summed E-state index contributed by atoms with van der Waals surface area (Å²) in [5.74, 6) is -0.0370. The molecule has 2 aromatic carbocycles. The topological polar surface area (TPSA) is 51.2 Å². The molecule has 0 aliphatic carbocycles. The predicted octanol–water partition coefficient (Wildman–Crippen LogP) is 3.77. The summed E-state index contributed by atoms with van der Waals surface area (Å²) in [7, 11) is 0. The molecule has 0 saturated heterocycles. The van der Waals surface area contributed by atoms with Crippen LogP contribution in [0.1, 0.15) is 5.56 Å². The zero-order valence-electron chi connectivity index (χ0n) is 13.3. The van der Waals surface area contributed by atoms with Crippen LogP contribution in [0.4, 0.5) is 4.39 Å². The summed E-state index contributed by atoms with van der Waals surface area (Å²) >= 11 is 6.13. The smallest absolute Gasteiger partial charge is 0.257 e. The number of pyridine rings is 1. The number of halogens is 2. The van der Waals surface area contributed by atoms with E-state index in [2.05, 4.69) is 10.3 Å². The number of nitrogens with zero attached hydrogens (tertiary/aromatic N) is 1. The van der Waals surface area contributed by atoms with Gasteiger partial charge in [0, 0.05) is 18.1 Å². The number of benzene rings is 2. The number of amides is 1. The van der Waals surface area contributed by atoms with Gasteiger partial charge in [-0.3, -0.25) is 9.78 Å². The highest BCUT2D eigenvalue weighted by Crippen LogP contribution is 2.29. The van der Waals surface area contributed by atoms with Crippen molar-refractivity contribution in [1.29, 1.82) is 0 Å². The average Bonchev–Trinajstić information content (AvgIpc) is 2.61. The molecule has 0 saturated carbocycles. The minimum atomic E-state index is -0.283. The maximum atomic E-state index is 13.1. The van der Waals surface area contributed by atoms with E-state index in [0.717, 1.165) is 10.9 Å². The molecule has 0 atom stereocenters. The Labute approximate surface area is 149 Å². The van der Waals surface area contributed by atoms with Crippen molar-refractivity contribution in [2.45, 2.75) is 6.42 Å². The number of ether oxygens (including phenoxy) is 1. The highest BCUT2D eigenvalue weighted by Gasteiger charge is 2.09. The van der Waals surface area contributed by atoms with E-state index >= 15 is 0 Å². The van der Waals surface area contributed by atoms with Gasteiger partial charge in [-0.2, -0.15) is 0 Å². The minimum Gasteiger partial charge on any atom is -0.481 e. The van der Waals surface area contributed by atoms with Crippen LogP contribution in [0.25, 0.3) is 10.9 Å². The molecule has 1 amide bonds. The Balaban J connectivity index is 1.53. The molecule has 0 aliphatic heterocycles. The van der Waals surface area contributed by atoms with Crippen molar-refractivity contribution in [1.82, 2.24) is 10.3 Å². The summed E-state index contributed by atoms with van der Waals surface area (Å²) < 4.78 is 18.7. The van der Waals surface area contributed by atoms with Crippen LogP contribution in [-0.2, 0) is 11.2 Å². The molecule has 0 bridgehead atoms. The summed E-state index contributed by atoms with van der Waals surface area (Å²) in [5, 5.41) is 4.10. The SMILES string of the molecule is O=C(COc1ccc(Cl)c2cccnc12)NCCc1cccc(F)c1. The fraction of sp³-hybridized carbons (Fsp3) is 0.158. The van der Waals surface area contributed by atoms with E-state index in [1.54, 1.807) is 30.5 Å². The third-order valence-electron chi connectivity index (χ3n) is 3.66. The molecule has 6 heteroatoms. The number of fused-ring (bicyclic) bond motifs is 1. The lowest BCUT2D eigenvalue weighted by Crippen LogP contribution is -2.30. The molecule has 0 unspecified atom stereocenters. The molecule has 0 radical (unpaired) electrons. The van der Waals surface area contributed by atoms with Gasteiger partial charge >= 0.3 is 0 Å². The second-order valence-electron chi connectivity index (χ2n) is 5.46. The molecule has 1 N–H and O–H groups in total. The van der Waals surface area contributed by atoms with Crippen LogP contribution in [0.2, 0.25) is 5.02 Å². The van der Waals surface area contributed by atoms with Crippen molar-refractivity contribution in [2.75, 3.05) is 13.2 Å². The second kappa shape index (κ2) is 7.94. The van der Waals surface area contributed by atoms with Crippen molar-refractivity contribution >= 4 is 28.4 Å². The van der Waals surface area contributed by atoms with Gasteiger partial charge in [0.2, 0.25) is 0 Å². The average molecular weight is 359 g/mol. The molecule has 3 rings (SSSR count). The molecule has 0 spiro atoms. The Hall–Kier alpha value is -2.66. The summed E-state index contributed by atoms with van der Waals surface area (Å²) in [6, 6.07) is 13.3. The Morgan fingerprint density at radius 2 is 2.08 bits per heavy atom. The monoisotopic (exact) mass is 358 g/mol. The standard InChI is InChI=1S/C19H16ClFN2O2/c20-16-6-7-17(19-15(16)5-2-9-23-19)25-12-18(24)22-10-8-13-3-1-4-14(21)11-13/h1-7,9,11H,8,10,12H2,(H,22,24). The molecule has 4 nitrogen and oxygen atoms in total. The molecular formula is C19H16ClFN2O2. The third kappa shape index (κ3) is 4.45. The van der Waals surface area contributed by atoms with E-state index in [0.29, 0.717) is 29.3 Å². The summed E-state index contributed by atoms with van der Waals surface area (Å²) in [6.07, 6.45) is 2.19. The Morgan fingerprint density at radius 3 is 2.92 bits per heavy atom. The van der Waals surface area contributed by atoms with Crippen LogP contribution >= 0.6 is 11.6 Å². The van der Waals surface area contributed by atoms with E-state index in [4.69, 9.17) is 16.3 Å². The summed E-state index contributed by atoms with van der Waals surface area (Å²) in [4.78, 5) is 16.2. The van der Waals surface area contributed by atoms with Crippen LogP contribution in [-0.4, -0.2) is 24.0 Å². The van der Waals surface area contributed by atoms with Gasteiger partial charge in [0.05, 0.1) is 5.02 Å². The second-order valence-corrected chi connectivity index (χ2v) is 5.87. The van der Waals surface area contributed by atoms with Crippen LogP contribution in [0.5, 0.6) is 5.75 Å². The van der Waals surface area contributed by atoms with Gasteiger partial charge in [0.25, 0.3) is 5.91 Å². The maximum absolute atomic E-state index is 13.1. The number of carbonyl (C=O) groups excluding carboxylic acids is 1. The molecular weight excluding hydrogens is 343 g/mol. The molecule has 3 aromatic rings. The Bertz CT molecular complexity index is 901. The number of rotatable bonds is 6. The highest BCUT2D eigenvalue weighted by atomic mass is 35.5.